The first kappa shape index (κ1) is 12.6. The lowest BCUT2D eigenvalue weighted by atomic mass is 10.2. The maximum absolute atomic E-state index is 12.5. The number of amides is 1. The van der Waals surface area contributed by atoms with Gasteiger partial charge in [-0.1, -0.05) is 15.9 Å². The summed E-state index contributed by atoms with van der Waals surface area (Å²) in [5, 5.41) is 5.19. The fourth-order valence-electron chi connectivity index (χ4n) is 2.37. The van der Waals surface area contributed by atoms with Gasteiger partial charge in [0.25, 0.3) is 5.91 Å². The normalized spacial score (nSPS) is 19.9. The number of aryl methyl sites for hydroxylation is 2. The summed E-state index contributed by atoms with van der Waals surface area (Å²) < 4.78 is 1.79. The molecule has 4 nitrogen and oxygen atoms in total. The molecule has 1 aromatic heterocycles. The Hall–Kier alpha value is -0.840. The molecule has 0 saturated carbocycles. The lowest BCUT2D eigenvalue weighted by Crippen LogP contribution is -2.37. The lowest BCUT2D eigenvalue weighted by molar-refractivity contribution is 0.0738. The molecule has 1 amide bonds. The van der Waals surface area contributed by atoms with Crippen molar-refractivity contribution < 1.29 is 4.79 Å². The predicted molar refractivity (Wildman–Crippen MR) is 70.5 cm³/mol. The van der Waals surface area contributed by atoms with Gasteiger partial charge in [-0.2, -0.15) is 5.10 Å². The molecule has 1 aromatic rings. The van der Waals surface area contributed by atoms with Crippen molar-refractivity contribution in [1.29, 1.82) is 0 Å². The van der Waals surface area contributed by atoms with Crippen LogP contribution in [0, 0.1) is 6.92 Å². The van der Waals surface area contributed by atoms with Crippen molar-refractivity contribution in [3.05, 3.63) is 17.5 Å². The van der Waals surface area contributed by atoms with E-state index in [0.29, 0.717) is 6.04 Å². The zero-order valence-electron chi connectivity index (χ0n) is 10.3. The SMILES string of the molecule is CCn1nc(C)cc1C(=O)N1CCCC1CBr. The van der Waals surface area contributed by atoms with Gasteiger partial charge < -0.3 is 4.90 Å². The topological polar surface area (TPSA) is 38.1 Å². The molecule has 17 heavy (non-hydrogen) atoms. The van der Waals surface area contributed by atoms with E-state index in [1.165, 1.54) is 0 Å². The number of hydrogen-bond donors (Lipinski definition) is 0. The summed E-state index contributed by atoms with van der Waals surface area (Å²) in [6.07, 6.45) is 2.19. The predicted octanol–water partition coefficient (Wildman–Crippen LogP) is 2.21. The van der Waals surface area contributed by atoms with E-state index in [4.69, 9.17) is 0 Å². The van der Waals surface area contributed by atoms with Crippen LogP contribution >= 0.6 is 15.9 Å². The van der Waals surface area contributed by atoms with E-state index in [9.17, 15) is 4.79 Å². The van der Waals surface area contributed by atoms with Crippen molar-refractivity contribution in [2.45, 2.75) is 39.3 Å². The van der Waals surface area contributed by atoms with Crippen molar-refractivity contribution in [2.75, 3.05) is 11.9 Å². The summed E-state index contributed by atoms with van der Waals surface area (Å²) in [6, 6.07) is 2.22. The molecule has 1 saturated heterocycles. The zero-order chi connectivity index (χ0) is 12.4. The van der Waals surface area contributed by atoms with Crippen LogP contribution < -0.4 is 0 Å². The Balaban J connectivity index is 2.24. The molecule has 5 heteroatoms. The van der Waals surface area contributed by atoms with Crippen molar-refractivity contribution in [1.82, 2.24) is 14.7 Å². The second-order valence-electron chi connectivity index (χ2n) is 4.44. The Morgan fingerprint density at radius 3 is 3.06 bits per heavy atom. The van der Waals surface area contributed by atoms with Crippen LogP contribution in [-0.2, 0) is 6.54 Å². The van der Waals surface area contributed by atoms with E-state index < -0.39 is 0 Å². The third-order valence-corrected chi connectivity index (χ3v) is 3.98. The van der Waals surface area contributed by atoms with Crippen molar-refractivity contribution >= 4 is 21.8 Å². The molecular weight excluding hydrogens is 282 g/mol. The Bertz CT molecular complexity index is 416. The quantitative estimate of drug-likeness (QED) is 0.803. The monoisotopic (exact) mass is 299 g/mol. The summed E-state index contributed by atoms with van der Waals surface area (Å²) in [7, 11) is 0. The molecule has 1 fully saturated rings. The molecule has 0 aromatic carbocycles. The van der Waals surface area contributed by atoms with Crippen LogP contribution in [0.25, 0.3) is 0 Å². The first-order valence-corrected chi connectivity index (χ1v) is 7.21. The standard InChI is InChI=1S/C12H18BrN3O/c1-3-16-11(7-9(2)14-16)12(17)15-6-4-5-10(15)8-13/h7,10H,3-6,8H2,1-2H3. The van der Waals surface area contributed by atoms with E-state index in [2.05, 4.69) is 21.0 Å². The molecule has 2 heterocycles. The number of likely N-dealkylation sites (tertiary alicyclic amines) is 1. The maximum Gasteiger partial charge on any atom is 0.272 e. The van der Waals surface area contributed by atoms with Crippen LogP contribution in [0.1, 0.15) is 35.9 Å². The third-order valence-electron chi connectivity index (χ3n) is 3.24. The van der Waals surface area contributed by atoms with Gasteiger partial charge in [-0.3, -0.25) is 9.48 Å². The molecule has 94 valence electrons. The highest BCUT2D eigenvalue weighted by Gasteiger charge is 2.30. The van der Waals surface area contributed by atoms with Gasteiger partial charge in [-0.15, -0.1) is 0 Å². The molecule has 1 atom stereocenters. The average Bonchev–Trinajstić information content (AvgIpc) is 2.93. The first-order chi connectivity index (χ1) is 8.17. The molecule has 0 bridgehead atoms. The lowest BCUT2D eigenvalue weighted by Gasteiger charge is -2.23. The van der Waals surface area contributed by atoms with Crippen LogP contribution in [0.5, 0.6) is 0 Å². The van der Waals surface area contributed by atoms with E-state index in [1.807, 2.05) is 24.8 Å². The molecule has 2 rings (SSSR count). The molecule has 0 N–H and O–H groups in total. The largest absolute Gasteiger partial charge is 0.334 e. The molecule has 0 radical (unpaired) electrons. The Kier molecular flexibility index (Phi) is 3.86. The van der Waals surface area contributed by atoms with Gasteiger partial charge in [0.1, 0.15) is 5.69 Å². The van der Waals surface area contributed by atoms with Gasteiger partial charge in [0.05, 0.1) is 5.69 Å². The van der Waals surface area contributed by atoms with Gasteiger partial charge in [-0.25, -0.2) is 0 Å². The number of carbonyl (C=O) groups excluding carboxylic acids is 1. The third kappa shape index (κ3) is 2.39. The summed E-state index contributed by atoms with van der Waals surface area (Å²) >= 11 is 3.48. The van der Waals surface area contributed by atoms with Crippen molar-refractivity contribution in [2.24, 2.45) is 0 Å². The maximum atomic E-state index is 12.5. The fourth-order valence-corrected chi connectivity index (χ4v) is 3.04. The molecule has 0 aliphatic carbocycles. The Labute approximate surface area is 110 Å². The number of halogens is 1. The number of aromatic nitrogens is 2. The summed E-state index contributed by atoms with van der Waals surface area (Å²) in [4.78, 5) is 14.4. The zero-order valence-corrected chi connectivity index (χ0v) is 11.9. The van der Waals surface area contributed by atoms with E-state index in [-0.39, 0.29) is 5.91 Å². The van der Waals surface area contributed by atoms with Crippen molar-refractivity contribution in [3.63, 3.8) is 0 Å². The van der Waals surface area contributed by atoms with Gasteiger partial charge in [0.2, 0.25) is 0 Å². The van der Waals surface area contributed by atoms with Crippen LogP contribution in [0.2, 0.25) is 0 Å². The minimum atomic E-state index is 0.120. The average molecular weight is 300 g/mol. The molecule has 1 aliphatic rings. The first-order valence-electron chi connectivity index (χ1n) is 6.08. The van der Waals surface area contributed by atoms with E-state index >= 15 is 0 Å². The van der Waals surface area contributed by atoms with Crippen LogP contribution in [0.15, 0.2) is 6.07 Å². The minimum Gasteiger partial charge on any atom is -0.334 e. The Morgan fingerprint density at radius 1 is 1.65 bits per heavy atom. The highest BCUT2D eigenvalue weighted by Crippen LogP contribution is 2.21. The van der Waals surface area contributed by atoms with Crippen LogP contribution in [-0.4, -0.2) is 38.5 Å². The highest BCUT2D eigenvalue weighted by atomic mass is 79.9. The van der Waals surface area contributed by atoms with Gasteiger partial charge in [0.15, 0.2) is 0 Å². The Morgan fingerprint density at radius 2 is 2.41 bits per heavy atom. The second-order valence-corrected chi connectivity index (χ2v) is 5.08. The molecular formula is C12H18BrN3O. The van der Waals surface area contributed by atoms with Gasteiger partial charge >= 0.3 is 0 Å². The molecule has 1 unspecified atom stereocenters. The van der Waals surface area contributed by atoms with Crippen molar-refractivity contribution in [3.8, 4) is 0 Å². The van der Waals surface area contributed by atoms with Crippen LogP contribution in [0.4, 0.5) is 0 Å². The summed E-state index contributed by atoms with van der Waals surface area (Å²) in [6.45, 7) is 5.54. The molecule has 1 aliphatic heterocycles. The summed E-state index contributed by atoms with van der Waals surface area (Å²) in [5.41, 5.74) is 1.63. The number of hydrogen-bond acceptors (Lipinski definition) is 2. The minimum absolute atomic E-state index is 0.120. The van der Waals surface area contributed by atoms with Gasteiger partial charge in [0, 0.05) is 24.5 Å². The molecule has 0 spiro atoms. The second kappa shape index (κ2) is 5.21. The number of rotatable bonds is 3. The smallest absolute Gasteiger partial charge is 0.272 e. The number of alkyl halides is 1. The fraction of sp³-hybridized carbons (Fsp3) is 0.667. The number of carbonyl (C=O) groups is 1. The van der Waals surface area contributed by atoms with Gasteiger partial charge in [-0.05, 0) is 32.8 Å². The van der Waals surface area contributed by atoms with E-state index in [0.717, 1.165) is 42.6 Å². The number of nitrogens with zero attached hydrogens (tertiary/aromatic N) is 3. The summed E-state index contributed by atoms with van der Waals surface area (Å²) in [5.74, 6) is 0.120. The van der Waals surface area contributed by atoms with Crippen LogP contribution in [0.3, 0.4) is 0 Å². The van der Waals surface area contributed by atoms with E-state index in [1.54, 1.807) is 4.68 Å². The highest BCUT2D eigenvalue weighted by molar-refractivity contribution is 9.09.